The van der Waals surface area contributed by atoms with E-state index in [0.717, 1.165) is 43.0 Å². The molecule has 2 N–H and O–H groups in total. The molecule has 0 spiro atoms. The van der Waals surface area contributed by atoms with E-state index in [0.29, 0.717) is 5.69 Å². The smallest absolute Gasteiger partial charge is 0.352 e. The number of aromatic nitrogens is 1. The summed E-state index contributed by atoms with van der Waals surface area (Å²) in [5.41, 5.74) is 7.75. The number of ether oxygens (including phenoxy) is 1. The van der Waals surface area contributed by atoms with Gasteiger partial charge in [-0.2, -0.15) is 4.37 Å². The van der Waals surface area contributed by atoms with E-state index in [1.165, 1.54) is 0 Å². The Hall–Kier alpha value is -2.41. The predicted molar refractivity (Wildman–Crippen MR) is 92.7 cm³/mol. The molecule has 3 rings (SSSR count). The van der Waals surface area contributed by atoms with Crippen LogP contribution in [0, 0.1) is 0 Å². The second-order valence-electron chi connectivity index (χ2n) is 5.72. The molecular weight excluding hydrogens is 326 g/mol. The molecule has 0 bridgehead atoms. The monoisotopic (exact) mass is 345 g/mol. The summed E-state index contributed by atoms with van der Waals surface area (Å²) in [6.45, 7) is 3.04. The average Bonchev–Trinajstić information content (AvgIpc) is 3.24. The van der Waals surface area contributed by atoms with Crippen molar-refractivity contribution in [2.45, 2.75) is 25.9 Å². The quantitative estimate of drug-likeness (QED) is 0.861. The molecule has 2 heterocycles. The summed E-state index contributed by atoms with van der Waals surface area (Å²) in [5, 5.41) is 0. The number of hydrogen-bond donors (Lipinski definition) is 1. The third-order valence-corrected chi connectivity index (χ3v) is 4.85. The highest BCUT2D eigenvalue weighted by molar-refractivity contribution is 7.09. The summed E-state index contributed by atoms with van der Waals surface area (Å²) in [5.74, 6) is -0.764. The molecule has 1 fully saturated rings. The standard InChI is InChI=1S/C17H19N3O3S/c1-11(16(21)20-9-5-6-10-20)23-17(22)15-13(18)14(19-24-15)12-7-3-2-4-8-12/h2-4,7-8,11H,5-6,9-10,18H2,1H3/t11-/m1/s1. The van der Waals surface area contributed by atoms with Crippen LogP contribution in [-0.2, 0) is 9.53 Å². The normalized spacial score (nSPS) is 15.3. The van der Waals surface area contributed by atoms with Crippen molar-refractivity contribution in [3.63, 3.8) is 0 Å². The number of benzene rings is 1. The van der Waals surface area contributed by atoms with Crippen LogP contribution in [0.1, 0.15) is 29.4 Å². The molecule has 0 unspecified atom stereocenters. The van der Waals surface area contributed by atoms with E-state index >= 15 is 0 Å². The number of rotatable bonds is 4. The van der Waals surface area contributed by atoms with Gasteiger partial charge in [0.25, 0.3) is 5.91 Å². The molecule has 1 saturated heterocycles. The third-order valence-electron chi connectivity index (χ3n) is 4.01. The lowest BCUT2D eigenvalue weighted by atomic mass is 10.1. The van der Waals surface area contributed by atoms with Crippen LogP contribution in [0.3, 0.4) is 0 Å². The summed E-state index contributed by atoms with van der Waals surface area (Å²) in [4.78, 5) is 26.5. The van der Waals surface area contributed by atoms with Gasteiger partial charge in [0.05, 0.1) is 5.69 Å². The molecule has 2 aromatic rings. The number of amides is 1. The molecule has 126 valence electrons. The maximum absolute atomic E-state index is 12.3. The summed E-state index contributed by atoms with van der Waals surface area (Å²) < 4.78 is 9.56. The molecule has 0 aliphatic carbocycles. The van der Waals surface area contributed by atoms with Gasteiger partial charge < -0.3 is 15.4 Å². The van der Waals surface area contributed by atoms with Crippen LogP contribution in [0.4, 0.5) is 5.69 Å². The Morgan fingerprint density at radius 2 is 1.92 bits per heavy atom. The van der Waals surface area contributed by atoms with Gasteiger partial charge in [0.1, 0.15) is 5.69 Å². The molecule has 1 aliphatic rings. The first kappa shape index (κ1) is 16.4. The molecule has 1 atom stereocenters. The van der Waals surface area contributed by atoms with Crippen molar-refractivity contribution in [1.82, 2.24) is 9.27 Å². The number of likely N-dealkylation sites (tertiary alicyclic amines) is 1. The summed E-state index contributed by atoms with van der Waals surface area (Å²) in [6.07, 6.45) is 1.17. The van der Waals surface area contributed by atoms with Crippen molar-refractivity contribution in [3.05, 3.63) is 35.2 Å². The summed E-state index contributed by atoms with van der Waals surface area (Å²) >= 11 is 0.991. The fraction of sp³-hybridized carbons (Fsp3) is 0.353. The van der Waals surface area contributed by atoms with E-state index < -0.39 is 12.1 Å². The zero-order chi connectivity index (χ0) is 17.1. The van der Waals surface area contributed by atoms with E-state index in [1.54, 1.807) is 11.8 Å². The summed E-state index contributed by atoms with van der Waals surface area (Å²) in [6, 6.07) is 9.40. The van der Waals surface area contributed by atoms with Gasteiger partial charge in [-0.05, 0) is 31.3 Å². The van der Waals surface area contributed by atoms with Gasteiger partial charge in [0.15, 0.2) is 11.0 Å². The van der Waals surface area contributed by atoms with E-state index in [9.17, 15) is 9.59 Å². The van der Waals surface area contributed by atoms with Gasteiger partial charge in [-0.3, -0.25) is 4.79 Å². The third kappa shape index (κ3) is 3.26. The zero-order valence-electron chi connectivity index (χ0n) is 13.4. The maximum atomic E-state index is 12.3. The molecule has 0 saturated carbocycles. The number of carbonyl (C=O) groups excluding carboxylic acids is 2. The number of hydrogen-bond acceptors (Lipinski definition) is 6. The molecule has 1 aliphatic heterocycles. The van der Waals surface area contributed by atoms with Gasteiger partial charge in [0, 0.05) is 18.7 Å². The topological polar surface area (TPSA) is 85.5 Å². The summed E-state index contributed by atoms with van der Waals surface area (Å²) in [7, 11) is 0. The second kappa shape index (κ2) is 7.00. The van der Waals surface area contributed by atoms with Crippen molar-refractivity contribution in [2.75, 3.05) is 18.8 Å². The van der Waals surface area contributed by atoms with Crippen LogP contribution in [0.15, 0.2) is 30.3 Å². The number of carbonyl (C=O) groups is 2. The number of esters is 1. The highest BCUT2D eigenvalue weighted by Crippen LogP contribution is 2.31. The van der Waals surface area contributed by atoms with Crippen LogP contribution < -0.4 is 5.73 Å². The molecule has 1 aromatic heterocycles. The van der Waals surface area contributed by atoms with Crippen molar-refractivity contribution in [2.24, 2.45) is 0 Å². The lowest BCUT2D eigenvalue weighted by Gasteiger charge is -2.20. The first-order valence-electron chi connectivity index (χ1n) is 7.88. The highest BCUT2D eigenvalue weighted by Gasteiger charge is 2.28. The fourth-order valence-electron chi connectivity index (χ4n) is 2.71. The molecule has 1 amide bonds. The highest BCUT2D eigenvalue weighted by atomic mass is 32.1. The van der Waals surface area contributed by atoms with Crippen LogP contribution in [-0.4, -0.2) is 40.3 Å². The first-order chi connectivity index (χ1) is 11.6. The van der Waals surface area contributed by atoms with E-state index in [-0.39, 0.29) is 16.5 Å². The number of nitrogens with zero attached hydrogens (tertiary/aromatic N) is 2. The van der Waals surface area contributed by atoms with Crippen molar-refractivity contribution < 1.29 is 14.3 Å². The minimum absolute atomic E-state index is 0.160. The van der Waals surface area contributed by atoms with Crippen LogP contribution in [0.25, 0.3) is 11.3 Å². The van der Waals surface area contributed by atoms with E-state index in [2.05, 4.69) is 4.37 Å². The van der Waals surface area contributed by atoms with E-state index in [4.69, 9.17) is 10.5 Å². The molecule has 1 aromatic carbocycles. The Labute approximate surface area is 144 Å². The predicted octanol–water partition coefficient (Wildman–Crippen LogP) is 2.56. The molecular formula is C17H19N3O3S. The molecule has 6 nitrogen and oxygen atoms in total. The Bertz CT molecular complexity index is 739. The van der Waals surface area contributed by atoms with Crippen LogP contribution in [0.5, 0.6) is 0 Å². The molecule has 7 heteroatoms. The number of anilines is 1. The lowest BCUT2D eigenvalue weighted by Crippen LogP contribution is -2.38. The van der Waals surface area contributed by atoms with E-state index in [1.807, 2.05) is 30.3 Å². The van der Waals surface area contributed by atoms with Gasteiger partial charge in [0.2, 0.25) is 0 Å². The van der Waals surface area contributed by atoms with Gasteiger partial charge in [-0.15, -0.1) is 0 Å². The number of nitrogen functional groups attached to an aromatic ring is 1. The van der Waals surface area contributed by atoms with Gasteiger partial charge in [-0.25, -0.2) is 4.79 Å². The molecule has 0 radical (unpaired) electrons. The minimum atomic E-state index is -0.822. The zero-order valence-corrected chi connectivity index (χ0v) is 14.2. The minimum Gasteiger partial charge on any atom is -0.448 e. The lowest BCUT2D eigenvalue weighted by molar-refractivity contribution is -0.138. The van der Waals surface area contributed by atoms with Crippen molar-refractivity contribution in [1.29, 1.82) is 0 Å². The maximum Gasteiger partial charge on any atom is 0.352 e. The van der Waals surface area contributed by atoms with Crippen molar-refractivity contribution in [3.8, 4) is 11.3 Å². The second-order valence-corrected chi connectivity index (χ2v) is 6.49. The van der Waals surface area contributed by atoms with Gasteiger partial charge >= 0.3 is 5.97 Å². The SMILES string of the molecule is C[C@@H](OC(=O)c1snc(-c2ccccc2)c1N)C(=O)N1CCCC1. The Kier molecular flexibility index (Phi) is 4.80. The Morgan fingerprint density at radius 1 is 1.25 bits per heavy atom. The Morgan fingerprint density at radius 3 is 2.58 bits per heavy atom. The van der Waals surface area contributed by atoms with Gasteiger partial charge in [-0.1, -0.05) is 30.3 Å². The average molecular weight is 345 g/mol. The largest absolute Gasteiger partial charge is 0.448 e. The van der Waals surface area contributed by atoms with Crippen LogP contribution in [0.2, 0.25) is 0 Å². The first-order valence-corrected chi connectivity index (χ1v) is 8.65. The fourth-order valence-corrected chi connectivity index (χ4v) is 3.41. The Balaban J connectivity index is 1.71. The van der Waals surface area contributed by atoms with Crippen LogP contribution >= 0.6 is 11.5 Å². The van der Waals surface area contributed by atoms with Crippen molar-refractivity contribution >= 4 is 29.1 Å². The molecule has 24 heavy (non-hydrogen) atoms. The number of nitrogens with two attached hydrogens (primary N) is 1.